The third kappa shape index (κ3) is 3.60. The molecule has 0 aliphatic carbocycles. The van der Waals surface area contributed by atoms with Gasteiger partial charge in [0.2, 0.25) is 0 Å². The van der Waals surface area contributed by atoms with Gasteiger partial charge in [-0.05, 0) is 54.6 Å². The number of non-ortho nitro benzene ring substituents is 1. The topological polar surface area (TPSA) is 79.9 Å². The van der Waals surface area contributed by atoms with E-state index in [1.54, 1.807) is 36.4 Å². The van der Waals surface area contributed by atoms with Gasteiger partial charge < -0.3 is 0 Å². The predicted octanol–water partition coefficient (Wildman–Crippen LogP) is 5.34. The Hall–Kier alpha value is -3.22. The SMILES string of the molecule is O=[N+]([O-])c1ccc(C2=NNC(c3ccc(Cl)cc3)=Nc3ccc(Cl)cc32)cc1. The summed E-state index contributed by atoms with van der Waals surface area (Å²) >= 11 is 12.2. The molecule has 3 aromatic rings. The van der Waals surface area contributed by atoms with E-state index in [4.69, 9.17) is 23.2 Å². The zero-order valence-corrected chi connectivity index (χ0v) is 15.8. The Morgan fingerprint density at radius 2 is 1.50 bits per heavy atom. The molecule has 28 heavy (non-hydrogen) atoms. The first-order chi connectivity index (χ1) is 13.5. The zero-order chi connectivity index (χ0) is 19.7. The van der Waals surface area contributed by atoms with Crippen LogP contribution in [0.2, 0.25) is 10.0 Å². The molecule has 6 nitrogen and oxygen atoms in total. The molecular weight excluding hydrogens is 399 g/mol. The van der Waals surface area contributed by atoms with Crippen molar-refractivity contribution in [3.05, 3.63) is 104 Å². The normalized spacial score (nSPS) is 12.9. The summed E-state index contributed by atoms with van der Waals surface area (Å²) in [5.41, 5.74) is 6.50. The first-order valence-corrected chi connectivity index (χ1v) is 9.00. The van der Waals surface area contributed by atoms with E-state index in [1.165, 1.54) is 12.1 Å². The first-order valence-electron chi connectivity index (χ1n) is 8.24. The van der Waals surface area contributed by atoms with Crippen LogP contribution in [-0.4, -0.2) is 16.5 Å². The van der Waals surface area contributed by atoms with E-state index in [9.17, 15) is 10.1 Å². The molecule has 1 N–H and O–H groups in total. The molecule has 3 aromatic carbocycles. The number of hydrogen-bond donors (Lipinski definition) is 1. The summed E-state index contributed by atoms with van der Waals surface area (Å²) in [4.78, 5) is 15.2. The molecule has 0 atom stereocenters. The largest absolute Gasteiger partial charge is 0.269 e. The lowest BCUT2D eigenvalue weighted by Crippen LogP contribution is -2.19. The average Bonchev–Trinajstić information content (AvgIpc) is 2.88. The number of fused-ring (bicyclic) bond motifs is 1. The van der Waals surface area contributed by atoms with Gasteiger partial charge in [-0.1, -0.05) is 23.2 Å². The van der Waals surface area contributed by atoms with E-state index in [2.05, 4.69) is 15.5 Å². The number of aliphatic imine (C=N–C) groups is 1. The number of hydrazone groups is 1. The molecule has 0 aromatic heterocycles. The predicted molar refractivity (Wildman–Crippen MR) is 111 cm³/mol. The first kappa shape index (κ1) is 18.2. The minimum Gasteiger partial charge on any atom is -0.260 e. The molecule has 1 heterocycles. The second-order valence-electron chi connectivity index (χ2n) is 6.00. The Morgan fingerprint density at radius 3 is 2.18 bits per heavy atom. The number of amidine groups is 1. The van der Waals surface area contributed by atoms with Crippen molar-refractivity contribution in [2.45, 2.75) is 0 Å². The molecular formula is C20H12Cl2N4O2. The fourth-order valence-corrected chi connectivity index (χ4v) is 3.11. The van der Waals surface area contributed by atoms with Crippen molar-refractivity contribution in [1.29, 1.82) is 0 Å². The van der Waals surface area contributed by atoms with Gasteiger partial charge >= 0.3 is 0 Å². The van der Waals surface area contributed by atoms with Gasteiger partial charge in [0.05, 0.1) is 10.6 Å². The molecule has 0 fully saturated rings. The van der Waals surface area contributed by atoms with Gasteiger partial charge in [0, 0.05) is 38.9 Å². The van der Waals surface area contributed by atoms with Crippen LogP contribution in [0.15, 0.2) is 76.8 Å². The lowest BCUT2D eigenvalue weighted by molar-refractivity contribution is -0.384. The van der Waals surface area contributed by atoms with Crippen LogP contribution in [0.3, 0.4) is 0 Å². The van der Waals surface area contributed by atoms with Gasteiger partial charge in [0.25, 0.3) is 5.69 Å². The van der Waals surface area contributed by atoms with Crippen LogP contribution in [0.1, 0.15) is 16.7 Å². The number of nitrogens with one attached hydrogen (secondary N) is 1. The van der Waals surface area contributed by atoms with Crippen molar-refractivity contribution in [3.8, 4) is 0 Å². The molecule has 0 radical (unpaired) electrons. The molecule has 138 valence electrons. The lowest BCUT2D eigenvalue weighted by atomic mass is 10.0. The van der Waals surface area contributed by atoms with E-state index in [-0.39, 0.29) is 5.69 Å². The monoisotopic (exact) mass is 410 g/mol. The number of nitro groups is 1. The number of nitro benzene ring substituents is 1. The Balaban J connectivity index is 1.82. The summed E-state index contributed by atoms with van der Waals surface area (Å²) in [7, 11) is 0. The molecule has 1 aliphatic heterocycles. The molecule has 0 spiro atoms. The van der Waals surface area contributed by atoms with Crippen LogP contribution in [-0.2, 0) is 0 Å². The highest BCUT2D eigenvalue weighted by Crippen LogP contribution is 2.29. The van der Waals surface area contributed by atoms with Crippen LogP contribution < -0.4 is 5.43 Å². The molecule has 0 bridgehead atoms. The summed E-state index contributed by atoms with van der Waals surface area (Å²) in [6.45, 7) is 0. The van der Waals surface area contributed by atoms with Gasteiger partial charge in [0.15, 0.2) is 5.84 Å². The van der Waals surface area contributed by atoms with Crippen molar-refractivity contribution < 1.29 is 4.92 Å². The number of hydrogen-bond acceptors (Lipinski definition) is 5. The second-order valence-corrected chi connectivity index (χ2v) is 6.88. The average molecular weight is 411 g/mol. The maximum Gasteiger partial charge on any atom is 0.269 e. The molecule has 0 saturated heterocycles. The molecule has 8 heteroatoms. The van der Waals surface area contributed by atoms with Crippen LogP contribution in [0.4, 0.5) is 11.4 Å². The highest BCUT2D eigenvalue weighted by molar-refractivity contribution is 6.32. The highest BCUT2D eigenvalue weighted by Gasteiger charge is 2.18. The maximum absolute atomic E-state index is 10.9. The van der Waals surface area contributed by atoms with Crippen LogP contribution >= 0.6 is 23.2 Å². The molecule has 4 rings (SSSR count). The summed E-state index contributed by atoms with van der Waals surface area (Å²) in [6.07, 6.45) is 0. The number of nitrogens with zero attached hydrogens (tertiary/aromatic N) is 3. The molecule has 0 saturated carbocycles. The summed E-state index contributed by atoms with van der Waals surface area (Å²) in [5, 5.41) is 16.6. The van der Waals surface area contributed by atoms with Crippen LogP contribution in [0.5, 0.6) is 0 Å². The Kier molecular flexibility index (Phi) is 4.81. The second kappa shape index (κ2) is 7.42. The molecule has 0 unspecified atom stereocenters. The van der Waals surface area contributed by atoms with E-state index in [1.807, 2.05) is 18.2 Å². The standard InChI is InChI=1S/C20H12Cl2N4O2/c21-14-5-1-13(2-6-14)20-23-18-10-7-15(22)11-17(18)19(24-25-20)12-3-8-16(9-4-12)26(27)28/h1-11H,(H,23,25). The number of benzene rings is 3. The third-order valence-corrected chi connectivity index (χ3v) is 4.68. The van der Waals surface area contributed by atoms with Gasteiger partial charge in [0.1, 0.15) is 5.71 Å². The quantitative estimate of drug-likeness (QED) is 0.467. The number of halogens is 2. The minimum atomic E-state index is -0.441. The Bertz CT molecular complexity index is 1120. The molecule has 0 amide bonds. The van der Waals surface area contributed by atoms with E-state index in [0.717, 1.165) is 11.1 Å². The number of rotatable bonds is 3. The van der Waals surface area contributed by atoms with Gasteiger partial charge in [-0.2, -0.15) is 5.10 Å². The van der Waals surface area contributed by atoms with Crippen molar-refractivity contribution in [1.82, 2.24) is 5.43 Å². The van der Waals surface area contributed by atoms with Crippen LogP contribution in [0.25, 0.3) is 0 Å². The van der Waals surface area contributed by atoms with Crippen molar-refractivity contribution in [3.63, 3.8) is 0 Å². The van der Waals surface area contributed by atoms with Crippen molar-refractivity contribution >= 4 is 46.1 Å². The van der Waals surface area contributed by atoms with Gasteiger partial charge in [-0.3, -0.25) is 15.5 Å². The van der Waals surface area contributed by atoms with E-state index in [0.29, 0.717) is 32.8 Å². The van der Waals surface area contributed by atoms with Gasteiger partial charge in [-0.25, -0.2) is 4.99 Å². The highest BCUT2D eigenvalue weighted by atomic mass is 35.5. The maximum atomic E-state index is 10.9. The fourth-order valence-electron chi connectivity index (χ4n) is 2.81. The lowest BCUT2D eigenvalue weighted by Gasteiger charge is -2.08. The summed E-state index contributed by atoms with van der Waals surface area (Å²) in [5.74, 6) is 0.553. The van der Waals surface area contributed by atoms with Crippen molar-refractivity contribution in [2.75, 3.05) is 0 Å². The third-order valence-electron chi connectivity index (χ3n) is 4.19. The summed E-state index contributed by atoms with van der Waals surface area (Å²) < 4.78 is 0. The molecule has 1 aliphatic rings. The zero-order valence-electron chi connectivity index (χ0n) is 14.3. The van der Waals surface area contributed by atoms with Crippen LogP contribution in [0, 0.1) is 10.1 Å². The van der Waals surface area contributed by atoms with E-state index < -0.39 is 4.92 Å². The minimum absolute atomic E-state index is 0.00959. The van der Waals surface area contributed by atoms with E-state index >= 15 is 0 Å². The Morgan fingerprint density at radius 1 is 0.857 bits per heavy atom. The Labute approximate surface area is 170 Å². The van der Waals surface area contributed by atoms with Gasteiger partial charge in [-0.15, -0.1) is 0 Å². The smallest absolute Gasteiger partial charge is 0.260 e. The summed E-state index contributed by atoms with van der Waals surface area (Å²) in [6, 6.07) is 18.7. The van der Waals surface area contributed by atoms with Crippen molar-refractivity contribution in [2.24, 2.45) is 10.1 Å². The fraction of sp³-hybridized carbons (Fsp3) is 0.